The fourth-order valence-electron chi connectivity index (χ4n) is 0.932. The van der Waals surface area contributed by atoms with E-state index in [9.17, 15) is 0 Å². The van der Waals surface area contributed by atoms with Crippen LogP contribution in [0, 0.1) is 5.92 Å². The van der Waals surface area contributed by atoms with Gasteiger partial charge in [-0.25, -0.2) is 0 Å². The predicted octanol–water partition coefficient (Wildman–Crippen LogP) is 3.40. The molecule has 0 bridgehead atoms. The zero-order valence-corrected chi connectivity index (χ0v) is 10.3. The highest BCUT2D eigenvalue weighted by Crippen LogP contribution is 2.12. The van der Waals surface area contributed by atoms with Gasteiger partial charge < -0.3 is 4.74 Å². The number of pyridine rings is 1. The molecule has 0 aliphatic carbocycles. The van der Waals surface area contributed by atoms with Crippen LogP contribution in [0.4, 0.5) is 0 Å². The minimum Gasteiger partial charge on any atom is -0.492 e. The van der Waals surface area contributed by atoms with Gasteiger partial charge in [0.05, 0.1) is 18.5 Å². The quantitative estimate of drug-likeness (QED) is 0.755. The maximum absolute atomic E-state index is 5.58. The van der Waals surface area contributed by atoms with Gasteiger partial charge in [-0.3, -0.25) is 4.98 Å². The van der Waals surface area contributed by atoms with Gasteiger partial charge in [-0.2, -0.15) is 0 Å². The molecule has 0 fully saturated rings. The number of hydrogen-bond donors (Lipinski definition) is 0. The van der Waals surface area contributed by atoms with E-state index in [2.05, 4.69) is 34.8 Å². The Labute approximate surface area is 93.8 Å². The highest BCUT2D eigenvalue weighted by Gasteiger charge is 2.00. The van der Waals surface area contributed by atoms with Crippen molar-refractivity contribution < 1.29 is 4.74 Å². The molecule has 78 valence electrons. The van der Waals surface area contributed by atoms with Gasteiger partial charge in [0.25, 0.3) is 0 Å². The third kappa shape index (κ3) is 3.66. The number of aromatic nitrogens is 1. The molecule has 0 saturated carbocycles. The largest absolute Gasteiger partial charge is 0.492 e. The first-order chi connectivity index (χ1) is 6.76. The van der Waals surface area contributed by atoms with E-state index in [1.165, 1.54) is 0 Å². The molecule has 0 N–H and O–H groups in total. The van der Waals surface area contributed by atoms with Gasteiger partial charge in [-0.1, -0.05) is 36.2 Å². The van der Waals surface area contributed by atoms with Gasteiger partial charge in [0, 0.05) is 5.33 Å². The SMILES string of the molecule is CCC(C)COc1ccc(CBr)nc1. The van der Waals surface area contributed by atoms with Crippen molar-refractivity contribution in [2.45, 2.75) is 25.6 Å². The standard InChI is InChI=1S/C11H16BrNO/c1-3-9(2)8-14-11-5-4-10(6-12)13-7-11/h4-5,7,9H,3,6,8H2,1-2H3. The van der Waals surface area contributed by atoms with Crippen LogP contribution in [-0.4, -0.2) is 11.6 Å². The summed E-state index contributed by atoms with van der Waals surface area (Å²) in [7, 11) is 0. The molecular formula is C11H16BrNO. The van der Waals surface area contributed by atoms with Gasteiger partial charge in [0.15, 0.2) is 0 Å². The summed E-state index contributed by atoms with van der Waals surface area (Å²) in [5, 5.41) is 0.790. The Bertz CT molecular complexity index is 260. The van der Waals surface area contributed by atoms with Gasteiger partial charge in [-0.05, 0) is 18.1 Å². The molecule has 14 heavy (non-hydrogen) atoms. The number of halogens is 1. The summed E-state index contributed by atoms with van der Waals surface area (Å²) in [6.45, 7) is 5.12. The molecule has 0 radical (unpaired) electrons. The second-order valence-corrected chi connectivity index (χ2v) is 4.00. The van der Waals surface area contributed by atoms with E-state index in [4.69, 9.17) is 4.74 Å². The number of rotatable bonds is 5. The molecule has 1 heterocycles. The fourth-order valence-corrected chi connectivity index (χ4v) is 1.26. The van der Waals surface area contributed by atoms with Crippen molar-refractivity contribution in [3.63, 3.8) is 0 Å². The van der Waals surface area contributed by atoms with Crippen LogP contribution < -0.4 is 4.74 Å². The second-order valence-electron chi connectivity index (χ2n) is 3.44. The Morgan fingerprint density at radius 3 is 2.79 bits per heavy atom. The summed E-state index contributed by atoms with van der Waals surface area (Å²) in [5.41, 5.74) is 1.03. The fraction of sp³-hybridized carbons (Fsp3) is 0.545. The average molecular weight is 258 g/mol. The summed E-state index contributed by atoms with van der Waals surface area (Å²) in [6.07, 6.45) is 2.92. The normalized spacial score (nSPS) is 12.5. The summed E-state index contributed by atoms with van der Waals surface area (Å²) in [5.74, 6) is 1.46. The van der Waals surface area contributed by atoms with Crippen molar-refractivity contribution in [3.05, 3.63) is 24.0 Å². The first-order valence-corrected chi connectivity index (χ1v) is 6.02. The van der Waals surface area contributed by atoms with Crippen LogP contribution in [0.1, 0.15) is 26.0 Å². The lowest BCUT2D eigenvalue weighted by molar-refractivity contribution is 0.255. The maximum atomic E-state index is 5.58. The number of nitrogens with zero attached hydrogens (tertiary/aromatic N) is 1. The zero-order valence-electron chi connectivity index (χ0n) is 8.66. The van der Waals surface area contributed by atoms with Crippen LogP contribution in [0.15, 0.2) is 18.3 Å². The number of ether oxygens (including phenoxy) is 1. The maximum Gasteiger partial charge on any atom is 0.137 e. The number of hydrogen-bond acceptors (Lipinski definition) is 2. The molecule has 1 aromatic heterocycles. The first-order valence-electron chi connectivity index (χ1n) is 4.90. The van der Waals surface area contributed by atoms with Crippen molar-refractivity contribution in [1.29, 1.82) is 0 Å². The minimum absolute atomic E-state index is 0.603. The third-order valence-electron chi connectivity index (χ3n) is 2.17. The summed E-state index contributed by atoms with van der Waals surface area (Å²) < 4.78 is 5.58. The summed E-state index contributed by atoms with van der Waals surface area (Å²) >= 11 is 3.35. The molecule has 2 nitrogen and oxygen atoms in total. The van der Waals surface area contributed by atoms with Crippen molar-refractivity contribution in [3.8, 4) is 5.75 Å². The molecule has 1 unspecified atom stereocenters. The van der Waals surface area contributed by atoms with E-state index < -0.39 is 0 Å². The van der Waals surface area contributed by atoms with Crippen LogP contribution in [0.5, 0.6) is 5.75 Å². The van der Waals surface area contributed by atoms with Crippen molar-refractivity contribution in [2.75, 3.05) is 6.61 Å². The predicted molar refractivity (Wildman–Crippen MR) is 61.8 cm³/mol. The lowest BCUT2D eigenvalue weighted by Crippen LogP contribution is -2.07. The Hall–Kier alpha value is -0.570. The van der Waals surface area contributed by atoms with Gasteiger partial charge >= 0.3 is 0 Å². The molecule has 0 aromatic carbocycles. The van der Waals surface area contributed by atoms with Gasteiger partial charge in [0.1, 0.15) is 5.75 Å². The van der Waals surface area contributed by atoms with E-state index in [1.54, 1.807) is 6.20 Å². The highest BCUT2D eigenvalue weighted by atomic mass is 79.9. The topological polar surface area (TPSA) is 22.1 Å². The van der Waals surface area contributed by atoms with Crippen molar-refractivity contribution in [2.24, 2.45) is 5.92 Å². The molecule has 0 saturated heterocycles. The Kier molecular flexibility index (Phi) is 4.94. The second kappa shape index (κ2) is 6.02. The molecule has 0 aliphatic rings. The molecule has 1 rings (SSSR count). The van der Waals surface area contributed by atoms with Gasteiger partial charge in [-0.15, -0.1) is 0 Å². The highest BCUT2D eigenvalue weighted by molar-refractivity contribution is 9.08. The lowest BCUT2D eigenvalue weighted by Gasteiger charge is -2.10. The third-order valence-corrected chi connectivity index (χ3v) is 2.74. The molecule has 0 aliphatic heterocycles. The molecule has 0 spiro atoms. The van der Waals surface area contributed by atoms with Crippen LogP contribution in [0.25, 0.3) is 0 Å². The summed E-state index contributed by atoms with van der Waals surface area (Å²) in [6, 6.07) is 3.94. The van der Waals surface area contributed by atoms with Gasteiger partial charge in [0.2, 0.25) is 0 Å². The average Bonchev–Trinajstić information content (AvgIpc) is 2.26. The monoisotopic (exact) mass is 257 g/mol. The van der Waals surface area contributed by atoms with E-state index in [-0.39, 0.29) is 0 Å². The van der Waals surface area contributed by atoms with Crippen LogP contribution in [-0.2, 0) is 5.33 Å². The van der Waals surface area contributed by atoms with Crippen molar-refractivity contribution in [1.82, 2.24) is 4.98 Å². The van der Waals surface area contributed by atoms with E-state index in [0.717, 1.165) is 29.8 Å². The first kappa shape index (κ1) is 11.5. The molecule has 1 aromatic rings. The minimum atomic E-state index is 0.603. The molecule has 1 atom stereocenters. The van der Waals surface area contributed by atoms with E-state index in [1.807, 2.05) is 12.1 Å². The van der Waals surface area contributed by atoms with Crippen LogP contribution in [0.3, 0.4) is 0 Å². The Balaban J connectivity index is 2.43. The van der Waals surface area contributed by atoms with E-state index in [0.29, 0.717) is 5.92 Å². The zero-order chi connectivity index (χ0) is 10.4. The molecule has 3 heteroatoms. The van der Waals surface area contributed by atoms with Crippen LogP contribution >= 0.6 is 15.9 Å². The summed E-state index contributed by atoms with van der Waals surface area (Å²) in [4.78, 5) is 4.23. The number of alkyl halides is 1. The lowest BCUT2D eigenvalue weighted by atomic mass is 10.1. The molecular weight excluding hydrogens is 242 g/mol. The van der Waals surface area contributed by atoms with Crippen molar-refractivity contribution >= 4 is 15.9 Å². The van der Waals surface area contributed by atoms with E-state index >= 15 is 0 Å². The molecule has 0 amide bonds. The Morgan fingerprint density at radius 2 is 2.29 bits per heavy atom. The van der Waals surface area contributed by atoms with Crippen LogP contribution in [0.2, 0.25) is 0 Å². The smallest absolute Gasteiger partial charge is 0.137 e. The Morgan fingerprint density at radius 1 is 1.50 bits per heavy atom.